The number of amides is 1. The van der Waals surface area contributed by atoms with Gasteiger partial charge in [-0.2, -0.15) is 4.98 Å². The molecule has 0 saturated carbocycles. The summed E-state index contributed by atoms with van der Waals surface area (Å²) in [4.78, 5) is 37.4. The molecule has 0 unspecified atom stereocenters. The number of aromatic nitrogens is 4. The lowest BCUT2D eigenvalue weighted by Gasteiger charge is -2.37. The van der Waals surface area contributed by atoms with E-state index >= 15 is 0 Å². The van der Waals surface area contributed by atoms with E-state index in [4.69, 9.17) is 30.9 Å². The van der Waals surface area contributed by atoms with Crippen LogP contribution in [0.15, 0.2) is 12.4 Å². The van der Waals surface area contributed by atoms with Gasteiger partial charge in [-0.25, -0.2) is 19.7 Å². The molecule has 2 aromatic rings. The number of carbonyl (C=O) groups excluding carboxylic acids is 1. The summed E-state index contributed by atoms with van der Waals surface area (Å²) >= 11 is 0. The standard InChI is InChI=1S/C24H35N9O3.ClH/c1-23(2,26)15-36-22(34)32-7-5-24(3,14-32)33-6-4-17-18(16-12-27-20(25)28-13-16)29-21(30-19(17)33)31-8-10-35-11-9-31;/h12-13H,4-11,14-15,26H2,1-3H3,(H2,25,27,28);1H/t24-;/m0./s1. The lowest BCUT2D eigenvalue weighted by molar-refractivity contribution is 0.0916. The van der Waals surface area contributed by atoms with Crippen molar-refractivity contribution in [2.24, 2.45) is 5.73 Å². The first-order chi connectivity index (χ1) is 17.1. The molecule has 0 spiro atoms. The molecule has 0 radical (unpaired) electrons. The van der Waals surface area contributed by atoms with Crippen LogP contribution in [0, 0.1) is 0 Å². The van der Waals surface area contributed by atoms with Gasteiger partial charge in [0.15, 0.2) is 0 Å². The number of hydrogen-bond donors (Lipinski definition) is 2. The van der Waals surface area contributed by atoms with Gasteiger partial charge in [-0.1, -0.05) is 0 Å². The van der Waals surface area contributed by atoms with Crippen LogP contribution < -0.4 is 21.3 Å². The Balaban J connectivity index is 0.00000320. The minimum Gasteiger partial charge on any atom is -0.447 e. The van der Waals surface area contributed by atoms with Crippen molar-refractivity contribution < 1.29 is 14.3 Å². The van der Waals surface area contributed by atoms with E-state index in [-0.39, 0.29) is 36.6 Å². The third-order valence-corrected chi connectivity index (χ3v) is 6.98. The summed E-state index contributed by atoms with van der Waals surface area (Å²) in [7, 11) is 0. The van der Waals surface area contributed by atoms with Gasteiger partial charge >= 0.3 is 6.09 Å². The fourth-order valence-electron chi connectivity index (χ4n) is 5.03. The predicted octanol–water partition coefficient (Wildman–Crippen LogP) is 1.48. The first kappa shape index (κ1) is 27.1. The van der Waals surface area contributed by atoms with E-state index in [1.54, 1.807) is 17.3 Å². The quantitative estimate of drug-likeness (QED) is 0.575. The van der Waals surface area contributed by atoms with Crippen molar-refractivity contribution in [3.63, 3.8) is 0 Å². The van der Waals surface area contributed by atoms with Crippen LogP contribution in [0.3, 0.4) is 0 Å². The smallest absolute Gasteiger partial charge is 0.409 e. The SMILES string of the molecule is CC(C)(N)COC(=O)N1CC[C@](C)(N2CCc3c(-c4cnc(N)nc4)nc(N4CCOCC4)nc32)C1.Cl. The number of nitrogens with zero attached hydrogens (tertiary/aromatic N) is 7. The molecule has 5 rings (SSSR count). The van der Waals surface area contributed by atoms with E-state index in [0.29, 0.717) is 32.3 Å². The summed E-state index contributed by atoms with van der Waals surface area (Å²) in [6, 6.07) is 0. The molecule has 4 N–H and O–H groups in total. The van der Waals surface area contributed by atoms with Crippen molar-refractivity contribution in [1.82, 2.24) is 24.8 Å². The fourth-order valence-corrected chi connectivity index (χ4v) is 5.03. The number of anilines is 3. The average molecular weight is 534 g/mol. The molecular weight excluding hydrogens is 498 g/mol. The van der Waals surface area contributed by atoms with Crippen molar-refractivity contribution in [3.05, 3.63) is 18.0 Å². The van der Waals surface area contributed by atoms with Gasteiger partial charge in [0, 0.05) is 61.8 Å². The Morgan fingerprint density at radius 1 is 1.16 bits per heavy atom. The highest BCUT2D eigenvalue weighted by molar-refractivity contribution is 5.85. The van der Waals surface area contributed by atoms with Gasteiger partial charge in [-0.15, -0.1) is 12.4 Å². The van der Waals surface area contributed by atoms with Crippen LogP contribution >= 0.6 is 12.4 Å². The molecule has 0 aromatic carbocycles. The third kappa shape index (κ3) is 5.65. The van der Waals surface area contributed by atoms with Crippen LogP contribution in [-0.4, -0.2) is 94.6 Å². The van der Waals surface area contributed by atoms with Gasteiger partial charge in [-0.05, 0) is 33.6 Å². The number of ether oxygens (including phenoxy) is 2. The maximum Gasteiger partial charge on any atom is 0.409 e. The second-order valence-corrected chi connectivity index (χ2v) is 10.7. The zero-order valence-electron chi connectivity index (χ0n) is 21.6. The fraction of sp³-hybridized carbons (Fsp3) is 0.625. The number of nitrogen functional groups attached to an aromatic ring is 1. The monoisotopic (exact) mass is 533 g/mol. The van der Waals surface area contributed by atoms with Gasteiger partial charge in [-0.3, -0.25) is 0 Å². The first-order valence-electron chi connectivity index (χ1n) is 12.4. The van der Waals surface area contributed by atoms with E-state index in [1.807, 2.05) is 13.8 Å². The summed E-state index contributed by atoms with van der Waals surface area (Å²) in [5.74, 6) is 1.79. The van der Waals surface area contributed by atoms with Gasteiger partial charge < -0.3 is 35.6 Å². The summed E-state index contributed by atoms with van der Waals surface area (Å²) < 4.78 is 11.0. The predicted molar refractivity (Wildman–Crippen MR) is 143 cm³/mol. The number of fused-ring (bicyclic) bond motifs is 1. The second kappa shape index (κ2) is 10.4. The van der Waals surface area contributed by atoms with E-state index < -0.39 is 5.54 Å². The maximum absolute atomic E-state index is 12.7. The number of nitrogens with two attached hydrogens (primary N) is 2. The molecule has 1 atom stereocenters. The minimum absolute atomic E-state index is 0. The molecule has 2 saturated heterocycles. The molecule has 2 aromatic heterocycles. The Labute approximate surface area is 223 Å². The number of halogens is 1. The highest BCUT2D eigenvalue weighted by Crippen LogP contribution is 2.41. The summed E-state index contributed by atoms with van der Waals surface area (Å²) in [6.45, 7) is 10.7. The zero-order valence-corrected chi connectivity index (χ0v) is 22.5. The minimum atomic E-state index is -0.568. The van der Waals surface area contributed by atoms with E-state index in [9.17, 15) is 4.79 Å². The molecule has 0 aliphatic carbocycles. The first-order valence-corrected chi connectivity index (χ1v) is 12.4. The van der Waals surface area contributed by atoms with Crippen molar-refractivity contribution in [3.8, 4) is 11.3 Å². The Hall–Kier alpha value is -2.96. The highest BCUT2D eigenvalue weighted by atomic mass is 35.5. The molecule has 12 nitrogen and oxygen atoms in total. The molecule has 202 valence electrons. The number of carbonyl (C=O) groups is 1. The summed E-state index contributed by atoms with van der Waals surface area (Å²) in [5, 5.41) is 0. The molecule has 37 heavy (non-hydrogen) atoms. The van der Waals surface area contributed by atoms with Crippen molar-refractivity contribution >= 4 is 36.2 Å². The van der Waals surface area contributed by atoms with E-state index in [1.165, 1.54) is 0 Å². The number of morpholine rings is 1. The Morgan fingerprint density at radius 2 is 1.86 bits per heavy atom. The summed E-state index contributed by atoms with van der Waals surface area (Å²) in [5.41, 5.74) is 13.6. The molecule has 1 amide bonds. The van der Waals surface area contributed by atoms with Crippen LogP contribution in [0.2, 0.25) is 0 Å². The van der Waals surface area contributed by atoms with Gasteiger partial charge in [0.25, 0.3) is 0 Å². The molecular formula is C24H36ClN9O3. The van der Waals surface area contributed by atoms with E-state index in [2.05, 4.69) is 26.7 Å². The normalized spacial score (nSPS) is 21.6. The van der Waals surface area contributed by atoms with Crippen molar-refractivity contribution in [2.45, 2.75) is 44.7 Å². The average Bonchev–Trinajstić information content (AvgIpc) is 3.47. The van der Waals surface area contributed by atoms with Crippen LogP contribution in [0.1, 0.15) is 32.8 Å². The third-order valence-electron chi connectivity index (χ3n) is 6.98. The maximum atomic E-state index is 12.7. The van der Waals surface area contributed by atoms with Gasteiger partial charge in [0.1, 0.15) is 12.4 Å². The van der Waals surface area contributed by atoms with Crippen LogP contribution in [0.4, 0.5) is 22.5 Å². The summed E-state index contributed by atoms with van der Waals surface area (Å²) in [6.07, 6.45) is 4.70. The molecule has 3 aliphatic rings. The lowest BCUT2D eigenvalue weighted by atomic mass is 9.99. The Kier molecular flexibility index (Phi) is 7.63. The van der Waals surface area contributed by atoms with E-state index in [0.717, 1.165) is 55.1 Å². The number of hydrogen-bond acceptors (Lipinski definition) is 11. The molecule has 2 fully saturated rings. The molecule has 5 heterocycles. The van der Waals surface area contributed by atoms with Crippen LogP contribution in [0.25, 0.3) is 11.3 Å². The topological polar surface area (TPSA) is 149 Å². The van der Waals surface area contributed by atoms with Crippen molar-refractivity contribution in [1.29, 1.82) is 0 Å². The van der Waals surface area contributed by atoms with Crippen LogP contribution in [0.5, 0.6) is 0 Å². The number of likely N-dealkylation sites (tertiary alicyclic amines) is 1. The Morgan fingerprint density at radius 3 is 2.54 bits per heavy atom. The second-order valence-electron chi connectivity index (χ2n) is 10.7. The van der Waals surface area contributed by atoms with Gasteiger partial charge in [0.05, 0.1) is 24.4 Å². The number of rotatable bonds is 5. The molecule has 0 bridgehead atoms. The molecule has 3 aliphatic heterocycles. The van der Waals surface area contributed by atoms with Crippen molar-refractivity contribution in [2.75, 3.05) is 68.1 Å². The lowest BCUT2D eigenvalue weighted by Crippen LogP contribution is -2.49. The zero-order chi connectivity index (χ0) is 25.5. The molecule has 13 heteroatoms. The van der Waals surface area contributed by atoms with Gasteiger partial charge in [0.2, 0.25) is 11.9 Å². The van der Waals surface area contributed by atoms with Crippen LogP contribution in [-0.2, 0) is 15.9 Å². The largest absolute Gasteiger partial charge is 0.447 e. The highest BCUT2D eigenvalue weighted by Gasteiger charge is 2.45. The Bertz CT molecular complexity index is 1120.